The molecule has 0 bridgehead atoms. The van der Waals surface area contributed by atoms with Crippen LogP contribution in [0.2, 0.25) is 0 Å². The third kappa shape index (κ3) is 7.59. The quantitative estimate of drug-likeness (QED) is 0.270. The molecule has 3 amide bonds. The molecule has 0 spiro atoms. The SMILES string of the molecule is CC(C)c1ccc(NC(=O)C(=O)N/N=C\c2ccc(OCC(=O)Nc3ccccc3)cc2)cc1. The van der Waals surface area contributed by atoms with Crippen LogP contribution >= 0.6 is 0 Å². The number of carbonyl (C=O) groups is 3. The fourth-order valence-corrected chi connectivity index (χ4v) is 2.87. The van der Waals surface area contributed by atoms with E-state index in [1.54, 1.807) is 48.5 Å². The number of ether oxygens (including phenoxy) is 1. The van der Waals surface area contributed by atoms with Crippen LogP contribution in [0.25, 0.3) is 0 Å². The van der Waals surface area contributed by atoms with E-state index in [4.69, 9.17) is 4.74 Å². The van der Waals surface area contributed by atoms with Gasteiger partial charge in [0, 0.05) is 11.4 Å². The fraction of sp³-hybridized carbons (Fsp3) is 0.154. The Hall–Kier alpha value is -4.46. The van der Waals surface area contributed by atoms with Gasteiger partial charge in [0.1, 0.15) is 5.75 Å². The Morgan fingerprint density at radius 2 is 1.47 bits per heavy atom. The van der Waals surface area contributed by atoms with Crippen LogP contribution in [0.1, 0.15) is 30.9 Å². The molecule has 0 radical (unpaired) electrons. The van der Waals surface area contributed by atoms with Crippen molar-refractivity contribution in [1.82, 2.24) is 5.43 Å². The monoisotopic (exact) mass is 458 g/mol. The molecule has 3 rings (SSSR count). The van der Waals surface area contributed by atoms with Crippen LogP contribution in [0, 0.1) is 0 Å². The van der Waals surface area contributed by atoms with Gasteiger partial charge in [0.05, 0.1) is 6.21 Å². The third-order valence-electron chi connectivity index (χ3n) is 4.73. The summed E-state index contributed by atoms with van der Waals surface area (Å²) in [7, 11) is 0. The maximum absolute atomic E-state index is 12.0. The predicted molar refractivity (Wildman–Crippen MR) is 132 cm³/mol. The van der Waals surface area contributed by atoms with Gasteiger partial charge >= 0.3 is 11.8 Å². The van der Waals surface area contributed by atoms with E-state index in [-0.39, 0.29) is 12.5 Å². The smallest absolute Gasteiger partial charge is 0.329 e. The number of hydrazone groups is 1. The minimum absolute atomic E-state index is 0.131. The minimum atomic E-state index is -0.881. The molecule has 0 fully saturated rings. The first kappa shape index (κ1) is 24.2. The summed E-state index contributed by atoms with van der Waals surface area (Å²) in [5, 5.41) is 9.07. The summed E-state index contributed by atoms with van der Waals surface area (Å²) in [5.41, 5.74) is 5.23. The molecule has 0 saturated carbocycles. The van der Waals surface area contributed by atoms with Gasteiger partial charge in [-0.15, -0.1) is 0 Å². The number of rotatable bonds is 8. The van der Waals surface area contributed by atoms with E-state index in [0.29, 0.717) is 28.6 Å². The van der Waals surface area contributed by atoms with Crippen molar-refractivity contribution in [3.8, 4) is 5.75 Å². The van der Waals surface area contributed by atoms with E-state index in [2.05, 4.69) is 35.0 Å². The van der Waals surface area contributed by atoms with Crippen molar-refractivity contribution in [1.29, 1.82) is 0 Å². The topological polar surface area (TPSA) is 109 Å². The minimum Gasteiger partial charge on any atom is -0.484 e. The van der Waals surface area contributed by atoms with Gasteiger partial charge in [-0.1, -0.05) is 44.2 Å². The van der Waals surface area contributed by atoms with Crippen LogP contribution in [0.3, 0.4) is 0 Å². The average molecular weight is 459 g/mol. The molecule has 3 N–H and O–H groups in total. The molecule has 8 heteroatoms. The highest BCUT2D eigenvalue weighted by atomic mass is 16.5. The van der Waals surface area contributed by atoms with Crippen LogP contribution in [-0.4, -0.2) is 30.5 Å². The number of nitrogens with one attached hydrogen (secondary N) is 3. The van der Waals surface area contributed by atoms with Crippen molar-refractivity contribution in [3.05, 3.63) is 90.0 Å². The summed E-state index contributed by atoms with van der Waals surface area (Å²) >= 11 is 0. The molecule has 0 unspecified atom stereocenters. The highest BCUT2D eigenvalue weighted by Gasteiger charge is 2.13. The number of amides is 3. The Labute approximate surface area is 198 Å². The molecule has 3 aromatic carbocycles. The Balaban J connectivity index is 1.42. The summed E-state index contributed by atoms with van der Waals surface area (Å²) in [5.74, 6) is -1.08. The molecule has 0 aliphatic rings. The summed E-state index contributed by atoms with van der Waals surface area (Å²) in [6.07, 6.45) is 1.40. The van der Waals surface area contributed by atoms with Crippen LogP contribution in [0.15, 0.2) is 84.0 Å². The van der Waals surface area contributed by atoms with Gasteiger partial charge in [-0.05, 0) is 65.6 Å². The number of nitrogens with zero attached hydrogens (tertiary/aromatic N) is 1. The van der Waals surface area contributed by atoms with Crippen molar-refractivity contribution in [2.45, 2.75) is 19.8 Å². The zero-order chi connectivity index (χ0) is 24.3. The van der Waals surface area contributed by atoms with Gasteiger partial charge in [-0.2, -0.15) is 5.10 Å². The summed E-state index contributed by atoms with van der Waals surface area (Å²) in [6, 6.07) is 23.2. The summed E-state index contributed by atoms with van der Waals surface area (Å²) in [4.78, 5) is 35.9. The molecule has 0 saturated heterocycles. The molecule has 3 aromatic rings. The molecule has 34 heavy (non-hydrogen) atoms. The fourth-order valence-electron chi connectivity index (χ4n) is 2.87. The van der Waals surface area contributed by atoms with E-state index in [1.165, 1.54) is 6.21 Å². The number of hydrogen-bond acceptors (Lipinski definition) is 5. The Morgan fingerprint density at radius 3 is 2.12 bits per heavy atom. The Morgan fingerprint density at radius 1 is 0.824 bits per heavy atom. The lowest BCUT2D eigenvalue weighted by Crippen LogP contribution is -2.32. The van der Waals surface area contributed by atoms with Crippen LogP contribution in [0.5, 0.6) is 5.75 Å². The number of hydrogen-bond donors (Lipinski definition) is 3. The molecule has 0 aromatic heterocycles. The van der Waals surface area contributed by atoms with Gasteiger partial charge < -0.3 is 15.4 Å². The number of benzene rings is 3. The van der Waals surface area contributed by atoms with Crippen LogP contribution in [-0.2, 0) is 14.4 Å². The highest BCUT2D eigenvalue weighted by Crippen LogP contribution is 2.17. The number of anilines is 2. The van der Waals surface area contributed by atoms with E-state index in [1.807, 2.05) is 30.3 Å². The first-order chi connectivity index (χ1) is 16.4. The zero-order valence-corrected chi connectivity index (χ0v) is 18.9. The highest BCUT2D eigenvalue weighted by molar-refractivity contribution is 6.39. The van der Waals surface area contributed by atoms with Crippen molar-refractivity contribution in [2.75, 3.05) is 17.2 Å². The molecule has 174 valence electrons. The second-order valence-electron chi connectivity index (χ2n) is 7.70. The van der Waals surface area contributed by atoms with Crippen LogP contribution < -0.4 is 20.8 Å². The van der Waals surface area contributed by atoms with Gasteiger partial charge in [0.25, 0.3) is 5.91 Å². The average Bonchev–Trinajstić information content (AvgIpc) is 2.84. The first-order valence-corrected chi connectivity index (χ1v) is 10.7. The summed E-state index contributed by atoms with van der Waals surface area (Å²) < 4.78 is 5.47. The largest absolute Gasteiger partial charge is 0.484 e. The lowest BCUT2D eigenvalue weighted by atomic mass is 10.0. The van der Waals surface area contributed by atoms with E-state index in [9.17, 15) is 14.4 Å². The van der Waals surface area contributed by atoms with Crippen LogP contribution in [0.4, 0.5) is 11.4 Å². The molecule has 0 atom stereocenters. The van der Waals surface area contributed by atoms with Crippen molar-refractivity contribution in [2.24, 2.45) is 5.10 Å². The van der Waals surface area contributed by atoms with Crippen molar-refractivity contribution < 1.29 is 19.1 Å². The maximum Gasteiger partial charge on any atom is 0.329 e. The molecular formula is C26H26N4O4. The van der Waals surface area contributed by atoms with Gasteiger partial charge in [-0.3, -0.25) is 14.4 Å². The molecule has 0 aliphatic carbocycles. The Kier molecular flexibility index (Phi) is 8.51. The molecule has 8 nitrogen and oxygen atoms in total. The van der Waals surface area contributed by atoms with E-state index >= 15 is 0 Å². The van der Waals surface area contributed by atoms with Gasteiger partial charge in [0.2, 0.25) is 0 Å². The van der Waals surface area contributed by atoms with E-state index in [0.717, 1.165) is 5.56 Å². The maximum atomic E-state index is 12.0. The normalized spacial score (nSPS) is 10.7. The zero-order valence-electron chi connectivity index (χ0n) is 18.9. The molecular weight excluding hydrogens is 432 g/mol. The van der Waals surface area contributed by atoms with E-state index < -0.39 is 11.8 Å². The van der Waals surface area contributed by atoms with Crippen molar-refractivity contribution >= 4 is 35.3 Å². The lowest BCUT2D eigenvalue weighted by molar-refractivity contribution is -0.136. The Bertz CT molecular complexity index is 1140. The predicted octanol–water partition coefficient (Wildman–Crippen LogP) is 3.92. The summed E-state index contributed by atoms with van der Waals surface area (Å²) in [6.45, 7) is 4.02. The van der Waals surface area contributed by atoms with Gasteiger partial charge in [-0.25, -0.2) is 5.43 Å². The second kappa shape index (κ2) is 12.0. The third-order valence-corrected chi connectivity index (χ3v) is 4.73. The standard InChI is InChI=1S/C26H26N4O4/c1-18(2)20-10-12-22(13-11-20)29-25(32)26(33)30-27-16-19-8-14-23(15-9-19)34-17-24(31)28-21-6-4-3-5-7-21/h3-16,18H,17H2,1-2H3,(H,28,31)(H,29,32)(H,30,33)/b27-16-. The molecule has 0 aliphatic heterocycles. The second-order valence-corrected chi connectivity index (χ2v) is 7.70. The number of carbonyl (C=O) groups excluding carboxylic acids is 3. The number of para-hydroxylation sites is 1. The van der Waals surface area contributed by atoms with Crippen molar-refractivity contribution in [3.63, 3.8) is 0 Å². The lowest BCUT2D eigenvalue weighted by Gasteiger charge is -2.08. The first-order valence-electron chi connectivity index (χ1n) is 10.7. The molecule has 0 heterocycles. The van der Waals surface area contributed by atoms with Gasteiger partial charge in [0.15, 0.2) is 6.61 Å².